The molecule has 2 aromatic rings. The SMILES string of the molecule is CCOc1ccc(NC(=O)CN2C(=O)SC(=Cc3ccc(SCCO)c([N+](=O)[O-])c3)C2=O)cc1. The van der Waals surface area contributed by atoms with Crippen molar-refractivity contribution in [2.75, 3.05) is 30.8 Å². The Balaban J connectivity index is 1.69. The summed E-state index contributed by atoms with van der Waals surface area (Å²) >= 11 is 1.80. The molecule has 12 heteroatoms. The molecule has 2 N–H and O–H groups in total. The van der Waals surface area contributed by atoms with E-state index >= 15 is 0 Å². The van der Waals surface area contributed by atoms with Gasteiger partial charge in [-0.2, -0.15) is 0 Å². The lowest BCUT2D eigenvalue weighted by molar-refractivity contribution is -0.387. The number of hydrogen-bond donors (Lipinski definition) is 2. The first-order valence-corrected chi connectivity index (χ1v) is 11.9. The predicted octanol–water partition coefficient (Wildman–Crippen LogP) is 3.75. The summed E-state index contributed by atoms with van der Waals surface area (Å²) in [5.74, 6) is -0.249. The molecule has 10 nitrogen and oxygen atoms in total. The number of carbonyl (C=O) groups excluding carboxylic acids is 3. The van der Waals surface area contributed by atoms with Crippen molar-refractivity contribution in [2.45, 2.75) is 11.8 Å². The summed E-state index contributed by atoms with van der Waals surface area (Å²) in [6.45, 7) is 1.78. The second-order valence-corrected chi connectivity index (χ2v) is 8.96. The molecule has 2 aromatic carbocycles. The van der Waals surface area contributed by atoms with Crippen LogP contribution in [0.2, 0.25) is 0 Å². The topological polar surface area (TPSA) is 139 Å². The van der Waals surface area contributed by atoms with Gasteiger partial charge < -0.3 is 15.2 Å². The summed E-state index contributed by atoms with van der Waals surface area (Å²) in [7, 11) is 0. The van der Waals surface area contributed by atoms with Crippen LogP contribution in [0.5, 0.6) is 5.75 Å². The molecular weight excluding hydrogens is 482 g/mol. The average Bonchev–Trinajstić information content (AvgIpc) is 3.06. The van der Waals surface area contributed by atoms with E-state index in [0.29, 0.717) is 46.0 Å². The number of benzene rings is 2. The zero-order valence-electron chi connectivity index (χ0n) is 18.1. The van der Waals surface area contributed by atoms with Crippen LogP contribution in [0.25, 0.3) is 6.08 Å². The molecule has 0 spiro atoms. The lowest BCUT2D eigenvalue weighted by atomic mass is 10.2. The van der Waals surface area contributed by atoms with E-state index in [0.717, 1.165) is 16.7 Å². The average molecular weight is 504 g/mol. The second kappa shape index (κ2) is 11.7. The van der Waals surface area contributed by atoms with Gasteiger partial charge in [-0.05, 0) is 60.7 Å². The minimum absolute atomic E-state index is 0.0592. The van der Waals surface area contributed by atoms with Gasteiger partial charge in [0.25, 0.3) is 16.8 Å². The van der Waals surface area contributed by atoms with Gasteiger partial charge in [0.15, 0.2) is 0 Å². The largest absolute Gasteiger partial charge is 0.494 e. The lowest BCUT2D eigenvalue weighted by Gasteiger charge is -2.12. The third kappa shape index (κ3) is 6.37. The number of imide groups is 1. The van der Waals surface area contributed by atoms with Gasteiger partial charge in [0.2, 0.25) is 5.91 Å². The van der Waals surface area contributed by atoms with Crippen molar-refractivity contribution in [3.05, 3.63) is 63.0 Å². The van der Waals surface area contributed by atoms with Crippen molar-refractivity contribution in [2.24, 2.45) is 0 Å². The van der Waals surface area contributed by atoms with E-state index in [1.807, 2.05) is 6.92 Å². The van der Waals surface area contributed by atoms with Crippen molar-refractivity contribution in [1.82, 2.24) is 4.90 Å². The molecule has 1 aliphatic rings. The third-order valence-electron chi connectivity index (χ3n) is 4.45. The van der Waals surface area contributed by atoms with Gasteiger partial charge in [-0.15, -0.1) is 11.8 Å². The molecule has 0 atom stereocenters. The number of amides is 3. The quantitative estimate of drug-likeness (QED) is 0.215. The van der Waals surface area contributed by atoms with E-state index in [-0.39, 0.29) is 17.2 Å². The maximum absolute atomic E-state index is 12.7. The lowest BCUT2D eigenvalue weighted by Crippen LogP contribution is -2.36. The fourth-order valence-corrected chi connectivity index (χ4v) is 4.57. The van der Waals surface area contributed by atoms with Crippen LogP contribution in [0.3, 0.4) is 0 Å². The number of anilines is 1. The van der Waals surface area contributed by atoms with Crippen LogP contribution in [0.4, 0.5) is 16.2 Å². The van der Waals surface area contributed by atoms with Crippen molar-refractivity contribution in [1.29, 1.82) is 0 Å². The summed E-state index contributed by atoms with van der Waals surface area (Å²) in [4.78, 5) is 49.5. The molecule has 0 aliphatic carbocycles. The number of aliphatic hydroxyl groups is 1. The molecule has 0 radical (unpaired) electrons. The molecule has 0 bridgehead atoms. The Morgan fingerprint density at radius 1 is 1.26 bits per heavy atom. The Bertz CT molecular complexity index is 1140. The first-order chi connectivity index (χ1) is 16.3. The van der Waals surface area contributed by atoms with Crippen molar-refractivity contribution in [3.63, 3.8) is 0 Å². The molecule has 178 valence electrons. The van der Waals surface area contributed by atoms with Crippen LogP contribution in [0.15, 0.2) is 52.3 Å². The van der Waals surface area contributed by atoms with Crippen molar-refractivity contribution >= 4 is 58.0 Å². The van der Waals surface area contributed by atoms with Gasteiger partial charge in [0.05, 0.1) is 27.9 Å². The van der Waals surface area contributed by atoms with Crippen molar-refractivity contribution < 1.29 is 29.2 Å². The minimum atomic E-state index is -0.654. The molecule has 0 unspecified atom stereocenters. The van der Waals surface area contributed by atoms with Crippen LogP contribution in [0, 0.1) is 10.1 Å². The van der Waals surface area contributed by atoms with Gasteiger partial charge in [-0.1, -0.05) is 6.07 Å². The zero-order valence-corrected chi connectivity index (χ0v) is 19.7. The molecule has 34 heavy (non-hydrogen) atoms. The first-order valence-electron chi connectivity index (χ1n) is 10.1. The van der Waals surface area contributed by atoms with Gasteiger partial charge in [-0.25, -0.2) is 0 Å². The van der Waals surface area contributed by atoms with Gasteiger partial charge in [0.1, 0.15) is 12.3 Å². The molecule has 1 heterocycles. The molecule has 1 saturated heterocycles. The number of aliphatic hydroxyl groups excluding tert-OH is 1. The van der Waals surface area contributed by atoms with Crippen molar-refractivity contribution in [3.8, 4) is 5.75 Å². The summed E-state index contributed by atoms with van der Waals surface area (Å²) in [5.41, 5.74) is 0.688. The Morgan fingerprint density at radius 3 is 2.65 bits per heavy atom. The van der Waals surface area contributed by atoms with E-state index in [1.165, 1.54) is 18.2 Å². The van der Waals surface area contributed by atoms with E-state index in [9.17, 15) is 24.5 Å². The highest BCUT2D eigenvalue weighted by Gasteiger charge is 2.36. The molecule has 3 rings (SSSR count). The van der Waals surface area contributed by atoms with Crippen LogP contribution in [-0.2, 0) is 9.59 Å². The number of ether oxygens (including phenoxy) is 1. The standard InChI is InChI=1S/C22H21N3O7S2/c1-2-32-16-6-4-15(5-7-16)23-20(27)13-24-21(28)19(34-22(24)29)12-14-3-8-18(33-10-9-26)17(11-14)25(30)31/h3-8,11-12,26H,2,9-10,13H2,1H3,(H,23,27). The zero-order chi connectivity index (χ0) is 24.7. The van der Waals surface area contributed by atoms with Gasteiger partial charge >= 0.3 is 0 Å². The highest BCUT2D eigenvalue weighted by molar-refractivity contribution is 8.18. The minimum Gasteiger partial charge on any atom is -0.494 e. The Labute approximate surface area is 203 Å². The van der Waals surface area contributed by atoms with E-state index in [4.69, 9.17) is 9.84 Å². The summed E-state index contributed by atoms with van der Waals surface area (Å²) < 4.78 is 5.34. The Morgan fingerprint density at radius 2 is 2.00 bits per heavy atom. The first kappa shape index (κ1) is 25.3. The number of carbonyl (C=O) groups is 3. The highest BCUT2D eigenvalue weighted by atomic mass is 32.2. The van der Waals surface area contributed by atoms with Crippen LogP contribution in [-0.4, -0.2) is 57.5 Å². The number of nitro benzene ring substituents is 1. The van der Waals surface area contributed by atoms with E-state index < -0.39 is 28.5 Å². The molecule has 0 saturated carbocycles. The molecule has 0 aromatic heterocycles. The van der Waals surface area contributed by atoms with Crippen LogP contribution in [0.1, 0.15) is 12.5 Å². The number of thioether (sulfide) groups is 2. The van der Waals surface area contributed by atoms with E-state index in [1.54, 1.807) is 30.3 Å². The monoisotopic (exact) mass is 503 g/mol. The molecule has 1 fully saturated rings. The second-order valence-electron chi connectivity index (χ2n) is 6.83. The normalized spacial score (nSPS) is 14.5. The maximum atomic E-state index is 12.7. The fourth-order valence-electron chi connectivity index (χ4n) is 2.98. The molecule has 3 amide bonds. The summed E-state index contributed by atoms with van der Waals surface area (Å²) in [6.07, 6.45) is 1.38. The van der Waals surface area contributed by atoms with E-state index in [2.05, 4.69) is 5.32 Å². The molecular formula is C22H21N3O7S2. The number of hydrogen-bond acceptors (Lipinski definition) is 9. The number of nitro groups is 1. The predicted molar refractivity (Wildman–Crippen MR) is 130 cm³/mol. The Kier molecular flexibility index (Phi) is 8.68. The fraction of sp³-hybridized carbons (Fsp3) is 0.227. The third-order valence-corrected chi connectivity index (χ3v) is 6.40. The molecule has 1 aliphatic heterocycles. The number of nitrogens with one attached hydrogen (secondary N) is 1. The van der Waals surface area contributed by atoms with Crippen LogP contribution >= 0.6 is 23.5 Å². The van der Waals surface area contributed by atoms with Gasteiger partial charge in [-0.3, -0.25) is 29.4 Å². The highest BCUT2D eigenvalue weighted by Crippen LogP contribution is 2.35. The number of rotatable bonds is 10. The Hall–Kier alpha value is -3.35. The maximum Gasteiger partial charge on any atom is 0.294 e. The van der Waals surface area contributed by atoms with Gasteiger partial charge in [0, 0.05) is 17.5 Å². The summed E-state index contributed by atoms with van der Waals surface area (Å²) in [6, 6.07) is 11.1. The number of nitrogens with zero attached hydrogens (tertiary/aromatic N) is 2. The van der Waals surface area contributed by atoms with Crippen LogP contribution < -0.4 is 10.1 Å². The summed E-state index contributed by atoms with van der Waals surface area (Å²) in [5, 5.41) is 22.3. The smallest absolute Gasteiger partial charge is 0.294 e.